The molecule has 0 aliphatic carbocycles. The molecular formula is C23H21N3O. The van der Waals surface area contributed by atoms with E-state index in [2.05, 4.69) is 9.88 Å². The van der Waals surface area contributed by atoms with Crippen LogP contribution in [0.1, 0.15) is 35.7 Å². The highest BCUT2D eigenvalue weighted by molar-refractivity contribution is 5.80. The summed E-state index contributed by atoms with van der Waals surface area (Å²) in [5.74, 6) is 0.990. The van der Waals surface area contributed by atoms with Gasteiger partial charge in [-0.3, -0.25) is 4.79 Å². The maximum atomic E-state index is 13.0. The molecule has 4 nitrogen and oxygen atoms in total. The molecule has 4 heteroatoms. The SMILES string of the molecule is O=C(Cc1ccccc1)N1C2CCC1c1cnc(-c3ccccc3)nc1C2. The number of hydrogen-bond donors (Lipinski definition) is 0. The Hall–Kier alpha value is -3.01. The molecule has 2 unspecified atom stereocenters. The lowest BCUT2D eigenvalue weighted by Crippen LogP contribution is -2.43. The van der Waals surface area contributed by atoms with Crippen LogP contribution in [0.15, 0.2) is 66.9 Å². The van der Waals surface area contributed by atoms with Gasteiger partial charge in [0.15, 0.2) is 5.82 Å². The second kappa shape index (κ2) is 6.62. The van der Waals surface area contributed by atoms with E-state index in [9.17, 15) is 4.79 Å². The first-order valence-corrected chi connectivity index (χ1v) is 9.56. The number of fused-ring (bicyclic) bond motifs is 4. The standard InChI is InChI=1S/C23H21N3O/c27-22(13-16-7-3-1-4-8-16)26-18-11-12-21(26)19-15-24-23(25-20(19)14-18)17-9-5-2-6-10-17/h1-10,15,18,21H,11-14H2. The van der Waals surface area contributed by atoms with E-state index < -0.39 is 0 Å². The number of rotatable bonds is 3. The van der Waals surface area contributed by atoms with Gasteiger partial charge >= 0.3 is 0 Å². The van der Waals surface area contributed by atoms with Gasteiger partial charge in [-0.2, -0.15) is 0 Å². The summed E-state index contributed by atoms with van der Waals surface area (Å²) in [6.07, 6.45) is 5.29. The fourth-order valence-electron chi connectivity index (χ4n) is 4.45. The third kappa shape index (κ3) is 2.91. The molecule has 3 aromatic rings. The zero-order valence-corrected chi connectivity index (χ0v) is 15.1. The van der Waals surface area contributed by atoms with Crippen LogP contribution in [0, 0.1) is 0 Å². The summed E-state index contributed by atoms with van der Waals surface area (Å²) in [5, 5.41) is 0. The van der Waals surface area contributed by atoms with Crippen molar-refractivity contribution in [1.82, 2.24) is 14.9 Å². The van der Waals surface area contributed by atoms with Crippen molar-refractivity contribution in [2.45, 2.75) is 37.8 Å². The van der Waals surface area contributed by atoms with Gasteiger partial charge in [-0.1, -0.05) is 60.7 Å². The van der Waals surface area contributed by atoms with Gasteiger partial charge in [0.05, 0.1) is 18.2 Å². The highest BCUT2D eigenvalue weighted by atomic mass is 16.2. The lowest BCUT2D eigenvalue weighted by Gasteiger charge is -2.36. The van der Waals surface area contributed by atoms with Crippen molar-refractivity contribution < 1.29 is 4.79 Å². The smallest absolute Gasteiger partial charge is 0.227 e. The van der Waals surface area contributed by atoms with Gasteiger partial charge in [0.2, 0.25) is 5.91 Å². The maximum Gasteiger partial charge on any atom is 0.227 e. The number of hydrogen-bond acceptors (Lipinski definition) is 3. The lowest BCUT2D eigenvalue weighted by molar-refractivity contribution is -0.134. The zero-order chi connectivity index (χ0) is 18.2. The van der Waals surface area contributed by atoms with E-state index in [-0.39, 0.29) is 18.0 Å². The molecule has 0 saturated carbocycles. The predicted octanol–water partition coefficient (Wildman–Crippen LogP) is 3.97. The van der Waals surface area contributed by atoms with Crippen LogP contribution in [0.5, 0.6) is 0 Å². The minimum Gasteiger partial charge on any atom is -0.332 e. The second-order valence-electron chi connectivity index (χ2n) is 7.38. The molecule has 1 amide bonds. The van der Waals surface area contributed by atoms with Crippen molar-refractivity contribution in [2.75, 3.05) is 0 Å². The van der Waals surface area contributed by atoms with Crippen LogP contribution in [0.2, 0.25) is 0 Å². The van der Waals surface area contributed by atoms with Crippen molar-refractivity contribution in [2.24, 2.45) is 0 Å². The number of carbonyl (C=O) groups is 1. The molecule has 5 rings (SSSR count). The fraction of sp³-hybridized carbons (Fsp3) is 0.261. The normalized spacial score (nSPS) is 20.4. The van der Waals surface area contributed by atoms with Gasteiger partial charge in [0.25, 0.3) is 0 Å². The minimum absolute atomic E-state index is 0.125. The molecule has 2 aliphatic heterocycles. The lowest BCUT2D eigenvalue weighted by atomic mass is 9.98. The van der Waals surface area contributed by atoms with E-state index in [1.54, 1.807) is 0 Å². The minimum atomic E-state index is 0.125. The maximum absolute atomic E-state index is 13.0. The Morgan fingerprint density at radius 2 is 1.74 bits per heavy atom. The molecular weight excluding hydrogens is 334 g/mol. The molecule has 2 aromatic carbocycles. The summed E-state index contributed by atoms with van der Waals surface area (Å²) in [6.45, 7) is 0. The first kappa shape index (κ1) is 16.2. The Morgan fingerprint density at radius 3 is 2.52 bits per heavy atom. The molecule has 0 radical (unpaired) electrons. The van der Waals surface area contributed by atoms with E-state index >= 15 is 0 Å². The van der Waals surface area contributed by atoms with Crippen molar-refractivity contribution in [3.05, 3.63) is 83.7 Å². The number of benzene rings is 2. The van der Waals surface area contributed by atoms with Gasteiger partial charge in [-0.15, -0.1) is 0 Å². The van der Waals surface area contributed by atoms with Gasteiger partial charge in [-0.25, -0.2) is 9.97 Å². The van der Waals surface area contributed by atoms with E-state index in [0.717, 1.165) is 47.5 Å². The van der Waals surface area contributed by atoms with Crippen LogP contribution in [-0.4, -0.2) is 26.8 Å². The summed E-state index contributed by atoms with van der Waals surface area (Å²) < 4.78 is 0. The Balaban J connectivity index is 1.43. The van der Waals surface area contributed by atoms with Gasteiger partial charge in [0.1, 0.15) is 0 Å². The quantitative estimate of drug-likeness (QED) is 0.714. The third-order valence-corrected chi connectivity index (χ3v) is 5.71. The molecule has 1 saturated heterocycles. The summed E-state index contributed by atoms with van der Waals surface area (Å²) in [5.41, 5.74) is 4.35. The Morgan fingerprint density at radius 1 is 1.00 bits per heavy atom. The molecule has 3 heterocycles. The topological polar surface area (TPSA) is 46.1 Å². The highest BCUT2D eigenvalue weighted by Gasteiger charge is 2.43. The molecule has 2 bridgehead atoms. The number of carbonyl (C=O) groups excluding carboxylic acids is 1. The fourth-order valence-corrected chi connectivity index (χ4v) is 4.45. The molecule has 27 heavy (non-hydrogen) atoms. The van der Waals surface area contributed by atoms with Crippen LogP contribution in [0.25, 0.3) is 11.4 Å². The average Bonchev–Trinajstić information content (AvgIpc) is 3.04. The van der Waals surface area contributed by atoms with Gasteiger partial charge < -0.3 is 4.90 Å². The molecule has 1 fully saturated rings. The van der Waals surface area contributed by atoms with E-state index in [1.165, 1.54) is 0 Å². The van der Waals surface area contributed by atoms with Crippen LogP contribution in [-0.2, 0) is 17.6 Å². The highest BCUT2D eigenvalue weighted by Crippen LogP contribution is 2.43. The Labute approximate surface area is 158 Å². The van der Waals surface area contributed by atoms with Crippen molar-refractivity contribution in [1.29, 1.82) is 0 Å². The van der Waals surface area contributed by atoms with E-state index in [1.807, 2.05) is 66.9 Å². The predicted molar refractivity (Wildman–Crippen MR) is 104 cm³/mol. The van der Waals surface area contributed by atoms with Crippen LogP contribution in [0.3, 0.4) is 0 Å². The van der Waals surface area contributed by atoms with Crippen molar-refractivity contribution in [3.8, 4) is 11.4 Å². The largest absolute Gasteiger partial charge is 0.332 e. The van der Waals surface area contributed by atoms with Crippen molar-refractivity contribution in [3.63, 3.8) is 0 Å². The monoisotopic (exact) mass is 355 g/mol. The second-order valence-corrected chi connectivity index (χ2v) is 7.38. The molecule has 1 aromatic heterocycles. The van der Waals surface area contributed by atoms with Crippen molar-refractivity contribution >= 4 is 5.91 Å². The molecule has 0 spiro atoms. The number of aromatic nitrogens is 2. The van der Waals surface area contributed by atoms with E-state index in [4.69, 9.17) is 4.98 Å². The zero-order valence-electron chi connectivity index (χ0n) is 15.1. The number of nitrogens with zero attached hydrogens (tertiary/aromatic N) is 3. The van der Waals surface area contributed by atoms with E-state index in [0.29, 0.717) is 6.42 Å². The summed E-state index contributed by atoms with van der Waals surface area (Å²) >= 11 is 0. The summed E-state index contributed by atoms with van der Waals surface area (Å²) in [7, 11) is 0. The van der Waals surface area contributed by atoms with Crippen LogP contribution >= 0.6 is 0 Å². The van der Waals surface area contributed by atoms with Gasteiger partial charge in [0, 0.05) is 29.8 Å². The average molecular weight is 355 g/mol. The summed E-state index contributed by atoms with van der Waals surface area (Å²) in [6, 6.07) is 20.5. The van der Waals surface area contributed by atoms with Crippen LogP contribution in [0.4, 0.5) is 0 Å². The molecule has 2 aliphatic rings. The molecule has 134 valence electrons. The molecule has 0 N–H and O–H groups in total. The Kier molecular flexibility index (Phi) is 3.97. The van der Waals surface area contributed by atoms with Crippen LogP contribution < -0.4 is 0 Å². The first-order chi connectivity index (χ1) is 13.3. The Bertz CT molecular complexity index is 971. The van der Waals surface area contributed by atoms with Gasteiger partial charge in [-0.05, 0) is 18.4 Å². The first-order valence-electron chi connectivity index (χ1n) is 9.56. The molecule has 2 atom stereocenters. The third-order valence-electron chi connectivity index (χ3n) is 5.71. The summed E-state index contributed by atoms with van der Waals surface area (Å²) in [4.78, 5) is 24.6. The number of amides is 1.